The van der Waals surface area contributed by atoms with Crippen LogP contribution in [0.1, 0.15) is 23.2 Å². The van der Waals surface area contributed by atoms with E-state index in [9.17, 15) is 14.4 Å². The number of hydrogen-bond acceptors (Lipinski definition) is 4. The number of carbonyl (C=O) groups is 3. The lowest BCUT2D eigenvalue weighted by Crippen LogP contribution is -2.31. The third kappa shape index (κ3) is 5.55. The first-order valence-corrected chi connectivity index (χ1v) is 7.26. The Morgan fingerprint density at radius 3 is 2.83 bits per heavy atom. The van der Waals surface area contributed by atoms with Gasteiger partial charge in [0.25, 0.3) is 5.91 Å². The zero-order valence-electron chi connectivity index (χ0n) is 12.5. The minimum Gasteiger partial charge on any atom is -0.478 e. The van der Waals surface area contributed by atoms with Gasteiger partial charge in [0.05, 0.1) is 6.10 Å². The van der Waals surface area contributed by atoms with Gasteiger partial charge in [0, 0.05) is 36.6 Å². The predicted octanol–water partition coefficient (Wildman–Crippen LogP) is 1.17. The van der Waals surface area contributed by atoms with Gasteiger partial charge in [0.1, 0.15) is 0 Å². The van der Waals surface area contributed by atoms with Crippen molar-refractivity contribution in [1.29, 1.82) is 0 Å². The molecule has 2 amide bonds. The zero-order chi connectivity index (χ0) is 16.7. The second-order valence-corrected chi connectivity index (χ2v) is 5.09. The molecular formula is C16H18N2O5. The highest BCUT2D eigenvalue weighted by molar-refractivity contribution is 6.03. The van der Waals surface area contributed by atoms with Crippen molar-refractivity contribution in [2.75, 3.05) is 18.5 Å². The van der Waals surface area contributed by atoms with E-state index in [0.717, 1.165) is 31.6 Å². The Hall–Kier alpha value is -2.67. The van der Waals surface area contributed by atoms with Crippen LogP contribution in [0.2, 0.25) is 0 Å². The first kappa shape index (κ1) is 16.7. The summed E-state index contributed by atoms with van der Waals surface area (Å²) in [5.41, 5.74) is 0.817. The van der Waals surface area contributed by atoms with Gasteiger partial charge in [-0.3, -0.25) is 9.59 Å². The number of ether oxygens (including phenoxy) is 1. The molecule has 7 heteroatoms. The number of carbonyl (C=O) groups excluding carboxylic acids is 2. The summed E-state index contributed by atoms with van der Waals surface area (Å²) >= 11 is 0. The largest absolute Gasteiger partial charge is 0.478 e. The second-order valence-electron chi connectivity index (χ2n) is 5.09. The van der Waals surface area contributed by atoms with Crippen LogP contribution < -0.4 is 10.6 Å². The number of amides is 2. The van der Waals surface area contributed by atoms with Crippen molar-refractivity contribution in [2.45, 2.75) is 18.9 Å². The second kappa shape index (κ2) is 8.09. The summed E-state index contributed by atoms with van der Waals surface area (Å²) in [7, 11) is 0. The molecule has 1 saturated heterocycles. The fourth-order valence-electron chi connectivity index (χ4n) is 2.18. The van der Waals surface area contributed by atoms with Crippen LogP contribution in [0.4, 0.5) is 5.69 Å². The van der Waals surface area contributed by atoms with Crippen LogP contribution in [0.15, 0.2) is 36.4 Å². The molecular weight excluding hydrogens is 300 g/mol. The van der Waals surface area contributed by atoms with E-state index < -0.39 is 11.9 Å². The summed E-state index contributed by atoms with van der Waals surface area (Å²) in [5, 5.41) is 13.8. The summed E-state index contributed by atoms with van der Waals surface area (Å²) in [6, 6.07) is 6.41. The number of aliphatic carboxylic acids is 1. The SMILES string of the molecule is O=C(O)/C=C\C(=O)Nc1cccc(C(=O)NCC2CCCO2)c1. The number of nitrogens with one attached hydrogen (secondary N) is 2. The van der Waals surface area contributed by atoms with Crippen molar-refractivity contribution in [3.63, 3.8) is 0 Å². The molecule has 122 valence electrons. The third-order valence-corrected chi connectivity index (χ3v) is 3.28. The lowest BCUT2D eigenvalue weighted by molar-refractivity contribution is -0.131. The maximum Gasteiger partial charge on any atom is 0.328 e. The van der Waals surface area contributed by atoms with E-state index in [2.05, 4.69) is 10.6 Å². The van der Waals surface area contributed by atoms with E-state index in [1.165, 1.54) is 6.07 Å². The Morgan fingerprint density at radius 2 is 2.13 bits per heavy atom. The van der Waals surface area contributed by atoms with Crippen molar-refractivity contribution in [2.24, 2.45) is 0 Å². The molecule has 2 rings (SSSR count). The summed E-state index contributed by atoms with van der Waals surface area (Å²) in [5.74, 6) is -2.04. The molecule has 0 spiro atoms. The first-order valence-electron chi connectivity index (χ1n) is 7.26. The van der Waals surface area contributed by atoms with Crippen LogP contribution in [0.5, 0.6) is 0 Å². The average Bonchev–Trinajstić information content (AvgIpc) is 3.04. The maximum absolute atomic E-state index is 12.1. The summed E-state index contributed by atoms with van der Waals surface area (Å²) < 4.78 is 5.43. The van der Waals surface area contributed by atoms with Crippen LogP contribution in [0.3, 0.4) is 0 Å². The Labute approximate surface area is 133 Å². The number of hydrogen-bond donors (Lipinski definition) is 3. The number of carboxylic acid groups (broad SMARTS) is 1. The maximum atomic E-state index is 12.1. The molecule has 3 N–H and O–H groups in total. The summed E-state index contributed by atoms with van der Waals surface area (Å²) in [6.45, 7) is 1.18. The Bertz CT molecular complexity index is 621. The molecule has 1 aliphatic heterocycles. The highest BCUT2D eigenvalue weighted by atomic mass is 16.5. The third-order valence-electron chi connectivity index (χ3n) is 3.28. The Morgan fingerprint density at radius 1 is 1.30 bits per heavy atom. The molecule has 1 aromatic carbocycles. The van der Waals surface area contributed by atoms with E-state index in [1.807, 2.05) is 0 Å². The highest BCUT2D eigenvalue weighted by Gasteiger charge is 2.16. The fraction of sp³-hybridized carbons (Fsp3) is 0.312. The van der Waals surface area contributed by atoms with E-state index in [-0.39, 0.29) is 12.0 Å². The monoisotopic (exact) mass is 318 g/mol. The minimum absolute atomic E-state index is 0.0583. The van der Waals surface area contributed by atoms with E-state index in [0.29, 0.717) is 17.8 Å². The molecule has 0 bridgehead atoms. The van der Waals surface area contributed by atoms with Crippen molar-refractivity contribution in [1.82, 2.24) is 5.32 Å². The first-order chi connectivity index (χ1) is 11.0. The molecule has 0 aliphatic carbocycles. The van der Waals surface area contributed by atoms with E-state index in [4.69, 9.17) is 9.84 Å². The lowest BCUT2D eigenvalue weighted by atomic mass is 10.1. The van der Waals surface area contributed by atoms with Crippen LogP contribution in [0, 0.1) is 0 Å². The zero-order valence-corrected chi connectivity index (χ0v) is 12.5. The molecule has 1 unspecified atom stereocenters. The van der Waals surface area contributed by atoms with Crippen molar-refractivity contribution in [3.8, 4) is 0 Å². The standard InChI is InChI=1S/C16H18N2O5/c19-14(6-7-15(20)21)18-12-4-1-3-11(9-12)16(22)17-10-13-5-2-8-23-13/h1,3-4,6-7,9,13H,2,5,8,10H2,(H,17,22)(H,18,19)(H,20,21)/b7-6-. The minimum atomic E-state index is -1.21. The van der Waals surface area contributed by atoms with Crippen molar-refractivity contribution < 1.29 is 24.2 Å². The quantitative estimate of drug-likeness (QED) is 0.683. The molecule has 1 atom stereocenters. The van der Waals surface area contributed by atoms with Gasteiger partial charge in [-0.15, -0.1) is 0 Å². The van der Waals surface area contributed by atoms with Gasteiger partial charge in [-0.1, -0.05) is 6.07 Å². The van der Waals surface area contributed by atoms with Crippen molar-refractivity contribution >= 4 is 23.5 Å². The van der Waals surface area contributed by atoms with Gasteiger partial charge in [-0.25, -0.2) is 4.79 Å². The average molecular weight is 318 g/mol. The van der Waals surface area contributed by atoms with Gasteiger partial charge in [0.2, 0.25) is 5.91 Å². The molecule has 23 heavy (non-hydrogen) atoms. The number of benzene rings is 1. The molecule has 0 aromatic heterocycles. The van der Waals surface area contributed by atoms with Gasteiger partial charge in [-0.05, 0) is 31.0 Å². The molecule has 1 aromatic rings. The predicted molar refractivity (Wildman–Crippen MR) is 83.2 cm³/mol. The number of rotatable bonds is 6. The molecule has 0 saturated carbocycles. The van der Waals surface area contributed by atoms with Crippen LogP contribution >= 0.6 is 0 Å². The summed E-state index contributed by atoms with van der Waals surface area (Å²) in [6.07, 6.45) is 3.65. The fourth-order valence-corrected chi connectivity index (χ4v) is 2.18. The number of carboxylic acids is 1. The van der Waals surface area contributed by atoms with E-state index >= 15 is 0 Å². The number of anilines is 1. The normalized spacial score (nSPS) is 17.1. The van der Waals surface area contributed by atoms with Crippen LogP contribution in [-0.4, -0.2) is 42.1 Å². The van der Waals surface area contributed by atoms with E-state index in [1.54, 1.807) is 18.2 Å². The van der Waals surface area contributed by atoms with Gasteiger partial charge >= 0.3 is 5.97 Å². The Balaban J connectivity index is 1.91. The topological polar surface area (TPSA) is 105 Å². The molecule has 1 aliphatic rings. The van der Waals surface area contributed by atoms with Crippen LogP contribution in [-0.2, 0) is 14.3 Å². The van der Waals surface area contributed by atoms with Gasteiger partial charge in [0.15, 0.2) is 0 Å². The van der Waals surface area contributed by atoms with Gasteiger partial charge in [-0.2, -0.15) is 0 Å². The highest BCUT2D eigenvalue weighted by Crippen LogP contribution is 2.13. The van der Waals surface area contributed by atoms with Gasteiger partial charge < -0.3 is 20.5 Å². The molecule has 1 fully saturated rings. The Kier molecular flexibility index (Phi) is 5.87. The smallest absolute Gasteiger partial charge is 0.328 e. The lowest BCUT2D eigenvalue weighted by Gasteiger charge is -2.11. The van der Waals surface area contributed by atoms with Crippen molar-refractivity contribution in [3.05, 3.63) is 42.0 Å². The molecule has 7 nitrogen and oxygen atoms in total. The van der Waals surface area contributed by atoms with Crippen LogP contribution in [0.25, 0.3) is 0 Å². The molecule has 1 heterocycles. The molecule has 0 radical (unpaired) electrons. The summed E-state index contributed by atoms with van der Waals surface area (Å²) in [4.78, 5) is 34.0.